The Hall–Kier alpha value is -2.51. The van der Waals surface area contributed by atoms with Crippen LogP contribution in [0, 0.1) is 11.2 Å². The van der Waals surface area contributed by atoms with Gasteiger partial charge in [0.15, 0.2) is 6.61 Å². The van der Waals surface area contributed by atoms with Gasteiger partial charge in [0.05, 0.1) is 17.0 Å². The van der Waals surface area contributed by atoms with Gasteiger partial charge >= 0.3 is 0 Å². The Morgan fingerprint density at radius 2 is 1.94 bits per heavy atom. The number of fused-ring (bicyclic) bond motifs is 1. The van der Waals surface area contributed by atoms with E-state index in [1.165, 1.54) is 12.1 Å². The zero-order valence-electron chi connectivity index (χ0n) is 17.8. The number of hydrogen-bond donors (Lipinski definition) is 2. The van der Waals surface area contributed by atoms with E-state index in [1.54, 1.807) is 6.07 Å². The number of ether oxygens (including phenoxy) is 2. The van der Waals surface area contributed by atoms with Crippen molar-refractivity contribution in [1.82, 2.24) is 10.6 Å². The fourth-order valence-electron chi connectivity index (χ4n) is 5.16. The zero-order valence-corrected chi connectivity index (χ0v) is 19.3. The highest BCUT2D eigenvalue weighted by molar-refractivity contribution is 6.31. The summed E-state index contributed by atoms with van der Waals surface area (Å²) in [7, 11) is 0. The van der Waals surface area contributed by atoms with Crippen LogP contribution in [0.4, 0.5) is 4.39 Å². The summed E-state index contributed by atoms with van der Waals surface area (Å²) in [5.74, 6) is 0.163. The van der Waals surface area contributed by atoms with Crippen molar-refractivity contribution in [2.45, 2.75) is 43.7 Å². The normalized spacial score (nSPS) is 26.7. The van der Waals surface area contributed by atoms with Gasteiger partial charge in [-0.1, -0.05) is 23.2 Å². The van der Waals surface area contributed by atoms with Crippen LogP contribution in [0.5, 0.6) is 11.5 Å². The number of nitrogens with one attached hydrogen (secondary N) is 2. The summed E-state index contributed by atoms with van der Waals surface area (Å²) in [6.07, 6.45) is 3.44. The summed E-state index contributed by atoms with van der Waals surface area (Å²) in [5.41, 5.74) is 0.336. The average molecular weight is 493 g/mol. The van der Waals surface area contributed by atoms with Gasteiger partial charge in [-0.15, -0.1) is 0 Å². The monoisotopic (exact) mass is 492 g/mol. The molecule has 3 saturated carbocycles. The third-order valence-corrected chi connectivity index (χ3v) is 7.26. The van der Waals surface area contributed by atoms with Crippen molar-refractivity contribution in [2.24, 2.45) is 5.41 Å². The van der Waals surface area contributed by atoms with Gasteiger partial charge in [0, 0.05) is 16.6 Å². The van der Waals surface area contributed by atoms with Gasteiger partial charge < -0.3 is 20.1 Å². The largest absolute Gasteiger partial charge is 0.488 e. The number of halogens is 3. The smallest absolute Gasteiger partial charge is 0.258 e. The van der Waals surface area contributed by atoms with Crippen LogP contribution in [0.15, 0.2) is 36.4 Å². The SMILES string of the molecule is O=C(COc1ccc(Cl)c(F)c1)NC12CC(C(=O)NCC3CCc4cc(Cl)ccc4O3)(C1)C2. The Morgan fingerprint density at radius 1 is 1.15 bits per heavy atom. The molecular formula is C24H23Cl2FN2O4. The van der Waals surface area contributed by atoms with Gasteiger partial charge in [0.2, 0.25) is 5.91 Å². The van der Waals surface area contributed by atoms with E-state index in [2.05, 4.69) is 10.6 Å². The lowest BCUT2D eigenvalue weighted by Crippen LogP contribution is -2.78. The van der Waals surface area contributed by atoms with E-state index in [1.807, 2.05) is 12.1 Å². The summed E-state index contributed by atoms with van der Waals surface area (Å²) in [6.45, 7) is 0.223. The van der Waals surface area contributed by atoms with Crippen LogP contribution >= 0.6 is 23.2 Å². The molecule has 0 spiro atoms. The second-order valence-electron chi connectivity index (χ2n) is 9.24. The maximum atomic E-state index is 13.5. The van der Waals surface area contributed by atoms with Crippen molar-refractivity contribution in [3.8, 4) is 11.5 Å². The molecule has 2 N–H and O–H groups in total. The molecule has 6 rings (SSSR count). The Labute approximate surface area is 200 Å². The lowest BCUT2D eigenvalue weighted by Gasteiger charge is -2.69. The Bertz CT molecular complexity index is 1110. The van der Waals surface area contributed by atoms with Crippen LogP contribution in [0.3, 0.4) is 0 Å². The zero-order chi connectivity index (χ0) is 23.2. The van der Waals surface area contributed by atoms with E-state index in [4.69, 9.17) is 32.7 Å². The highest BCUT2D eigenvalue weighted by Crippen LogP contribution is 2.67. The molecule has 0 aromatic heterocycles. The molecule has 2 aromatic rings. The molecule has 3 fully saturated rings. The molecule has 33 heavy (non-hydrogen) atoms. The van der Waals surface area contributed by atoms with Crippen molar-refractivity contribution in [3.05, 3.63) is 57.8 Å². The van der Waals surface area contributed by atoms with E-state index in [0.29, 0.717) is 30.8 Å². The van der Waals surface area contributed by atoms with E-state index < -0.39 is 11.2 Å². The minimum Gasteiger partial charge on any atom is -0.488 e. The minimum atomic E-state index is -0.603. The van der Waals surface area contributed by atoms with Gasteiger partial charge in [-0.2, -0.15) is 0 Å². The molecule has 1 heterocycles. The molecule has 9 heteroatoms. The summed E-state index contributed by atoms with van der Waals surface area (Å²) in [5, 5.41) is 6.67. The van der Waals surface area contributed by atoms with Crippen LogP contribution < -0.4 is 20.1 Å². The van der Waals surface area contributed by atoms with Crippen LogP contribution in [0.25, 0.3) is 0 Å². The number of benzene rings is 2. The predicted molar refractivity (Wildman–Crippen MR) is 121 cm³/mol. The van der Waals surface area contributed by atoms with Crippen LogP contribution in [-0.4, -0.2) is 36.6 Å². The maximum absolute atomic E-state index is 13.5. The molecule has 4 aliphatic rings. The average Bonchev–Trinajstić information content (AvgIpc) is 2.74. The van der Waals surface area contributed by atoms with Crippen LogP contribution in [0.2, 0.25) is 10.0 Å². The number of rotatable bonds is 7. The second-order valence-corrected chi connectivity index (χ2v) is 10.1. The highest BCUT2D eigenvalue weighted by Gasteiger charge is 2.72. The van der Waals surface area contributed by atoms with Gasteiger partial charge in [0.25, 0.3) is 5.91 Å². The minimum absolute atomic E-state index is 0.00554. The first-order chi connectivity index (χ1) is 15.8. The molecule has 2 bridgehead atoms. The number of carbonyl (C=O) groups excluding carboxylic acids is 2. The Balaban J connectivity index is 1.05. The number of carbonyl (C=O) groups is 2. The quantitative estimate of drug-likeness (QED) is 0.610. The number of aryl methyl sites for hydroxylation is 1. The number of hydrogen-bond acceptors (Lipinski definition) is 4. The van der Waals surface area contributed by atoms with Crippen LogP contribution in [-0.2, 0) is 16.0 Å². The van der Waals surface area contributed by atoms with Crippen molar-refractivity contribution in [2.75, 3.05) is 13.2 Å². The van der Waals surface area contributed by atoms with E-state index in [9.17, 15) is 14.0 Å². The third kappa shape index (κ3) is 4.36. The van der Waals surface area contributed by atoms with Gasteiger partial charge in [0.1, 0.15) is 23.4 Å². The summed E-state index contributed by atoms with van der Waals surface area (Å²) in [6, 6.07) is 9.60. The van der Waals surface area contributed by atoms with Crippen LogP contribution in [0.1, 0.15) is 31.2 Å². The molecule has 3 aliphatic carbocycles. The molecule has 2 amide bonds. The molecular weight excluding hydrogens is 470 g/mol. The molecule has 1 unspecified atom stereocenters. The Morgan fingerprint density at radius 3 is 2.70 bits per heavy atom. The maximum Gasteiger partial charge on any atom is 0.258 e. The summed E-state index contributed by atoms with van der Waals surface area (Å²) < 4.78 is 24.8. The molecule has 1 atom stereocenters. The first kappa shape index (κ1) is 22.3. The third-order valence-electron chi connectivity index (χ3n) is 6.72. The fourth-order valence-corrected chi connectivity index (χ4v) is 5.47. The Kier molecular flexibility index (Phi) is 5.65. The van der Waals surface area contributed by atoms with E-state index in [0.717, 1.165) is 30.2 Å². The summed E-state index contributed by atoms with van der Waals surface area (Å²) >= 11 is 11.7. The molecule has 0 saturated heterocycles. The van der Waals surface area contributed by atoms with Gasteiger partial charge in [-0.3, -0.25) is 9.59 Å². The first-order valence-electron chi connectivity index (χ1n) is 10.9. The lowest BCUT2D eigenvalue weighted by atomic mass is 9.39. The predicted octanol–water partition coefficient (Wildman–Crippen LogP) is 4.06. The molecule has 6 nitrogen and oxygen atoms in total. The highest BCUT2D eigenvalue weighted by atomic mass is 35.5. The van der Waals surface area contributed by atoms with Crippen molar-refractivity contribution in [3.63, 3.8) is 0 Å². The summed E-state index contributed by atoms with van der Waals surface area (Å²) in [4.78, 5) is 25.0. The van der Waals surface area contributed by atoms with Gasteiger partial charge in [-0.05, 0) is 68.0 Å². The van der Waals surface area contributed by atoms with E-state index >= 15 is 0 Å². The first-order valence-corrected chi connectivity index (χ1v) is 11.6. The number of amides is 2. The molecule has 0 radical (unpaired) electrons. The van der Waals surface area contributed by atoms with Gasteiger partial charge in [-0.25, -0.2) is 4.39 Å². The van der Waals surface area contributed by atoms with E-state index in [-0.39, 0.29) is 40.8 Å². The standard InChI is InChI=1S/C24H23Cl2FN2O4/c25-15-2-6-20-14(7-15)1-3-17(33-20)9-28-22(31)23-11-24(12-23,13-23)29-21(30)10-32-16-4-5-18(26)19(27)8-16/h2,4-8,17H,1,3,9-13H2,(H,28,31)(H,29,30). The lowest BCUT2D eigenvalue weighted by molar-refractivity contribution is -0.184. The fraction of sp³-hybridized carbons (Fsp3) is 0.417. The topological polar surface area (TPSA) is 76.7 Å². The van der Waals surface area contributed by atoms with Crippen molar-refractivity contribution >= 4 is 35.0 Å². The molecule has 174 valence electrons. The second kappa shape index (κ2) is 8.37. The van der Waals surface area contributed by atoms with Crippen molar-refractivity contribution in [1.29, 1.82) is 0 Å². The molecule has 2 aromatic carbocycles. The van der Waals surface area contributed by atoms with Crippen molar-refractivity contribution < 1.29 is 23.5 Å². The molecule has 1 aliphatic heterocycles.